The van der Waals surface area contributed by atoms with Crippen LogP contribution in [0.15, 0.2) is 273 Å². The third kappa shape index (κ3) is 6.56. The highest BCUT2D eigenvalue weighted by molar-refractivity contribution is 6.04. The summed E-state index contributed by atoms with van der Waals surface area (Å²) >= 11 is 0. The van der Waals surface area contributed by atoms with Crippen molar-refractivity contribution >= 4 is 27.8 Å². The van der Waals surface area contributed by atoms with Crippen LogP contribution in [0.25, 0.3) is 66.4 Å². The lowest BCUT2D eigenvalue weighted by Crippen LogP contribution is -2.28. The standard InChI is InChI=1S/C65H45N/c1-5-19-46(20-6-1)47-33-35-51(36-34-47)64-57-29-14-13-23-49(57)39-43-58(64)50-37-40-54(41-38-50)66(63-32-18-16-28-56(63)48-21-7-2-8-22-48)55-42-44-60-59-30-15-17-31-61(59)65(62(60)45-55,52-24-9-3-10-25-52)53-26-11-4-12-27-53/h1-45H/i1D,5D,6D,13D,14D,19D,20D,23D,29D,33D,34D,35D,36D,37D,38D,39D,40D,41D,43D. The highest BCUT2D eigenvalue weighted by Crippen LogP contribution is 2.57. The molecule has 0 fully saturated rings. The Balaban J connectivity index is 1.19. The normalized spacial score (nSPS) is 16.4. The van der Waals surface area contributed by atoms with Gasteiger partial charge >= 0.3 is 0 Å². The second-order valence-electron chi connectivity index (χ2n) is 15.7. The summed E-state index contributed by atoms with van der Waals surface area (Å²) in [4.78, 5) is 1.65. The van der Waals surface area contributed by atoms with Crippen molar-refractivity contribution in [3.8, 4) is 55.6 Å². The van der Waals surface area contributed by atoms with Gasteiger partial charge in [-0.15, -0.1) is 0 Å². The first-order valence-corrected chi connectivity index (χ1v) is 21.3. The summed E-state index contributed by atoms with van der Waals surface area (Å²) in [7, 11) is 0. The summed E-state index contributed by atoms with van der Waals surface area (Å²) in [6.45, 7) is 0. The SMILES string of the molecule is [2H]c1c([2H])c([2H])c(-c2c([2H])c([2H])c(-c3c(-c4c([2H])c([2H])c(N(c5ccc6c(c5)C(c5ccccc5)(c5ccccc5)c5ccccc5-6)c5ccccc5-c5ccccc5)c([2H])c4[2H])c([2H])c([2H])c4c([2H])c([2H])c([2H])c([2H])c34)c([2H])c2[2H])c([2H])c1[2H]. The van der Waals surface area contributed by atoms with Gasteiger partial charge in [0.05, 0.1) is 37.1 Å². The first-order valence-electron chi connectivity index (χ1n) is 30.8. The molecule has 1 heteroatoms. The molecular weight excluding hydrogens is 795 g/mol. The monoisotopic (exact) mass is 858 g/mol. The quantitative estimate of drug-likeness (QED) is 0.140. The number of fused-ring (bicyclic) bond motifs is 4. The fraction of sp³-hybridized carbons (Fsp3) is 0.0154. The number of benzene rings is 11. The second kappa shape index (κ2) is 16.6. The molecule has 0 radical (unpaired) electrons. The molecule has 0 N–H and O–H groups in total. The molecular formula is C65H45N. The van der Waals surface area contributed by atoms with Crippen LogP contribution in [-0.2, 0) is 5.41 Å². The Morgan fingerprint density at radius 2 is 0.894 bits per heavy atom. The Morgan fingerprint density at radius 3 is 1.62 bits per heavy atom. The molecule has 0 saturated carbocycles. The van der Waals surface area contributed by atoms with E-state index in [1.165, 1.54) is 0 Å². The summed E-state index contributed by atoms with van der Waals surface area (Å²) in [6.07, 6.45) is 0. The molecule has 11 aromatic carbocycles. The van der Waals surface area contributed by atoms with Crippen LogP contribution in [0.3, 0.4) is 0 Å². The molecule has 0 bridgehead atoms. The molecule has 0 unspecified atom stereocenters. The Bertz CT molecular complexity index is 4520. The molecule has 0 saturated heterocycles. The lowest BCUT2D eigenvalue weighted by atomic mass is 9.67. The molecule has 0 amide bonds. The minimum absolute atomic E-state index is 0.267. The number of nitrogens with zero attached hydrogens (tertiary/aromatic N) is 1. The number of hydrogen-bond donors (Lipinski definition) is 0. The van der Waals surface area contributed by atoms with E-state index in [0.29, 0.717) is 16.9 Å². The van der Waals surface area contributed by atoms with Crippen molar-refractivity contribution in [3.63, 3.8) is 0 Å². The van der Waals surface area contributed by atoms with Gasteiger partial charge in [-0.1, -0.05) is 242 Å². The molecule has 66 heavy (non-hydrogen) atoms. The molecule has 0 aromatic heterocycles. The van der Waals surface area contributed by atoms with Gasteiger partial charge in [-0.3, -0.25) is 0 Å². The second-order valence-corrected chi connectivity index (χ2v) is 15.7. The van der Waals surface area contributed by atoms with E-state index in [0.717, 1.165) is 38.9 Å². The highest BCUT2D eigenvalue weighted by atomic mass is 15.1. The molecule has 0 atom stereocenters. The van der Waals surface area contributed by atoms with Crippen molar-refractivity contribution in [1.29, 1.82) is 0 Å². The third-order valence-electron chi connectivity index (χ3n) is 12.1. The summed E-state index contributed by atoms with van der Waals surface area (Å²) < 4.78 is 176. The molecule has 0 heterocycles. The lowest BCUT2D eigenvalue weighted by Gasteiger charge is -2.35. The maximum absolute atomic E-state index is 10.2. The van der Waals surface area contributed by atoms with Crippen LogP contribution in [0.2, 0.25) is 0 Å². The van der Waals surface area contributed by atoms with E-state index >= 15 is 0 Å². The van der Waals surface area contributed by atoms with Gasteiger partial charge in [0, 0.05) is 16.9 Å². The molecule has 310 valence electrons. The molecule has 0 aliphatic heterocycles. The first kappa shape index (κ1) is 24.0. The zero-order valence-corrected chi connectivity index (χ0v) is 35.0. The average Bonchev–Trinajstić information content (AvgIpc) is 1.73. The maximum atomic E-state index is 10.2. The van der Waals surface area contributed by atoms with Crippen molar-refractivity contribution in [2.45, 2.75) is 5.41 Å². The molecule has 1 aliphatic carbocycles. The Labute approximate surface area is 413 Å². The van der Waals surface area contributed by atoms with Crippen LogP contribution in [0.5, 0.6) is 0 Å². The number of hydrogen-bond acceptors (Lipinski definition) is 1. The topological polar surface area (TPSA) is 3.24 Å². The number of para-hydroxylation sites is 1. The summed E-state index contributed by atoms with van der Waals surface area (Å²) in [5, 5.41) is -1.19. The zero-order valence-electron chi connectivity index (χ0n) is 54.0. The van der Waals surface area contributed by atoms with Gasteiger partial charge in [-0.25, -0.2) is 0 Å². The molecule has 1 aliphatic rings. The Kier molecular flexibility index (Phi) is 6.01. The number of anilines is 3. The van der Waals surface area contributed by atoms with Crippen LogP contribution in [-0.4, -0.2) is 0 Å². The van der Waals surface area contributed by atoms with Gasteiger partial charge in [-0.2, -0.15) is 0 Å². The Hall–Kier alpha value is -8.52. The van der Waals surface area contributed by atoms with Gasteiger partial charge in [0.15, 0.2) is 0 Å². The molecule has 11 aromatic rings. The van der Waals surface area contributed by atoms with E-state index in [-0.39, 0.29) is 5.69 Å². The molecule has 12 rings (SSSR count). The number of rotatable bonds is 9. The molecule has 1 nitrogen and oxygen atoms in total. The van der Waals surface area contributed by atoms with Crippen LogP contribution >= 0.6 is 0 Å². The van der Waals surface area contributed by atoms with Crippen LogP contribution in [0.4, 0.5) is 17.1 Å². The average molecular weight is 859 g/mol. The van der Waals surface area contributed by atoms with Gasteiger partial charge < -0.3 is 4.90 Å². The van der Waals surface area contributed by atoms with E-state index in [1.54, 1.807) is 17.0 Å². The third-order valence-corrected chi connectivity index (χ3v) is 12.1. The first-order chi connectivity index (χ1) is 40.7. The van der Waals surface area contributed by atoms with Gasteiger partial charge in [0.2, 0.25) is 0 Å². The van der Waals surface area contributed by atoms with Gasteiger partial charge in [0.1, 0.15) is 0 Å². The molecule has 0 spiro atoms. The van der Waals surface area contributed by atoms with Crippen LogP contribution in [0, 0.1) is 0 Å². The fourth-order valence-corrected chi connectivity index (χ4v) is 9.31. The predicted octanol–water partition coefficient (Wildman–Crippen LogP) is 17.3. The summed E-state index contributed by atoms with van der Waals surface area (Å²) in [5.74, 6) is 0. The summed E-state index contributed by atoms with van der Waals surface area (Å²) in [5.41, 5.74) is 2.51. The minimum Gasteiger partial charge on any atom is -0.310 e. The van der Waals surface area contributed by atoms with Crippen LogP contribution in [0.1, 0.15) is 48.3 Å². The van der Waals surface area contributed by atoms with E-state index in [4.69, 9.17) is 11.0 Å². The van der Waals surface area contributed by atoms with Crippen LogP contribution < -0.4 is 4.90 Å². The van der Waals surface area contributed by atoms with Crippen molar-refractivity contribution in [2.24, 2.45) is 0 Å². The van der Waals surface area contributed by atoms with E-state index in [2.05, 4.69) is 36.4 Å². The minimum atomic E-state index is -0.980. The van der Waals surface area contributed by atoms with Gasteiger partial charge in [-0.05, 0) is 113 Å². The maximum Gasteiger partial charge on any atom is 0.0714 e. The zero-order chi connectivity index (χ0) is 60.4. The highest BCUT2D eigenvalue weighted by Gasteiger charge is 2.46. The predicted molar refractivity (Wildman–Crippen MR) is 278 cm³/mol. The van der Waals surface area contributed by atoms with E-state index in [9.17, 15) is 15.1 Å². The lowest BCUT2D eigenvalue weighted by molar-refractivity contribution is 0.768. The largest absolute Gasteiger partial charge is 0.310 e. The van der Waals surface area contributed by atoms with E-state index in [1.807, 2.05) is 109 Å². The van der Waals surface area contributed by atoms with Crippen molar-refractivity contribution in [1.82, 2.24) is 0 Å². The van der Waals surface area contributed by atoms with Crippen molar-refractivity contribution in [2.75, 3.05) is 4.90 Å². The fourth-order valence-electron chi connectivity index (χ4n) is 9.31. The summed E-state index contributed by atoms with van der Waals surface area (Å²) in [6, 6.07) is 34.7. The van der Waals surface area contributed by atoms with Crippen molar-refractivity contribution in [3.05, 3.63) is 295 Å². The van der Waals surface area contributed by atoms with E-state index < -0.39 is 164 Å². The van der Waals surface area contributed by atoms with Gasteiger partial charge in [0.25, 0.3) is 0 Å². The van der Waals surface area contributed by atoms with Crippen molar-refractivity contribution < 1.29 is 26.0 Å². The Morgan fingerprint density at radius 1 is 0.333 bits per heavy atom. The smallest absolute Gasteiger partial charge is 0.0714 e.